The molecule has 1 aromatic carbocycles. The molecule has 2 N–H and O–H groups in total. The van der Waals surface area contributed by atoms with Gasteiger partial charge in [-0.2, -0.15) is 5.10 Å². The molecule has 0 spiro atoms. The number of benzene rings is 1. The van der Waals surface area contributed by atoms with Crippen molar-refractivity contribution in [1.29, 1.82) is 0 Å². The minimum Gasteiger partial charge on any atom is -0.494 e. The summed E-state index contributed by atoms with van der Waals surface area (Å²) in [5.74, 6) is 1.01. The minimum absolute atomic E-state index is 0.0515. The summed E-state index contributed by atoms with van der Waals surface area (Å²) in [6.45, 7) is 6.74. The van der Waals surface area contributed by atoms with Crippen LogP contribution in [0.25, 0.3) is 22.5 Å². The van der Waals surface area contributed by atoms with E-state index in [0.717, 1.165) is 17.7 Å². The SMILES string of the molecule is CCCCCCOc1ccc(-c2nc(N)ncc2-c2ccc(=O)n(C(C)C)n2)cc1. The summed E-state index contributed by atoms with van der Waals surface area (Å²) in [6.07, 6.45) is 6.33. The second-order valence-electron chi connectivity index (χ2n) is 7.52. The molecule has 30 heavy (non-hydrogen) atoms. The lowest BCUT2D eigenvalue weighted by molar-refractivity contribution is 0.305. The zero-order chi connectivity index (χ0) is 21.5. The molecule has 158 valence electrons. The summed E-state index contributed by atoms with van der Waals surface area (Å²) in [4.78, 5) is 20.6. The number of nitrogens with two attached hydrogens (primary N) is 1. The Morgan fingerprint density at radius 3 is 2.53 bits per heavy atom. The van der Waals surface area contributed by atoms with Crippen molar-refractivity contribution in [1.82, 2.24) is 19.7 Å². The molecule has 0 atom stereocenters. The Balaban J connectivity index is 1.87. The molecular formula is C23H29N5O2. The summed E-state index contributed by atoms with van der Waals surface area (Å²) < 4.78 is 7.28. The van der Waals surface area contributed by atoms with Crippen LogP contribution in [-0.2, 0) is 0 Å². The van der Waals surface area contributed by atoms with Gasteiger partial charge in [-0.3, -0.25) is 4.79 Å². The van der Waals surface area contributed by atoms with Gasteiger partial charge in [0.05, 0.1) is 24.0 Å². The lowest BCUT2D eigenvalue weighted by Crippen LogP contribution is -2.24. The standard InChI is InChI=1S/C23H29N5O2/c1-4-5-6-7-14-30-18-10-8-17(9-11-18)22-19(15-25-23(24)26-22)20-12-13-21(29)28(27-20)16(2)3/h8-13,15-16H,4-7,14H2,1-3H3,(H2,24,25,26). The monoisotopic (exact) mass is 407 g/mol. The lowest BCUT2D eigenvalue weighted by Gasteiger charge is -2.13. The van der Waals surface area contributed by atoms with Crippen molar-refractivity contribution in [2.75, 3.05) is 12.3 Å². The minimum atomic E-state index is -0.146. The third-order valence-electron chi connectivity index (χ3n) is 4.79. The predicted molar refractivity (Wildman–Crippen MR) is 119 cm³/mol. The number of anilines is 1. The zero-order valence-corrected chi connectivity index (χ0v) is 17.8. The third-order valence-corrected chi connectivity index (χ3v) is 4.79. The van der Waals surface area contributed by atoms with E-state index in [1.165, 1.54) is 30.0 Å². The molecule has 0 unspecified atom stereocenters. The molecule has 2 heterocycles. The molecule has 0 radical (unpaired) electrons. The van der Waals surface area contributed by atoms with Crippen molar-refractivity contribution >= 4 is 5.95 Å². The van der Waals surface area contributed by atoms with Crippen LogP contribution in [0.15, 0.2) is 47.4 Å². The average Bonchev–Trinajstić information content (AvgIpc) is 2.74. The fraction of sp³-hybridized carbons (Fsp3) is 0.391. The number of nitrogen functional groups attached to an aromatic ring is 1. The largest absolute Gasteiger partial charge is 0.494 e. The number of unbranched alkanes of at least 4 members (excludes halogenated alkanes) is 3. The number of nitrogens with zero attached hydrogens (tertiary/aromatic N) is 4. The van der Waals surface area contributed by atoms with Crippen LogP contribution in [0.2, 0.25) is 0 Å². The van der Waals surface area contributed by atoms with Crippen molar-refractivity contribution in [3.63, 3.8) is 0 Å². The molecule has 0 fully saturated rings. The Hall–Kier alpha value is -3.22. The Morgan fingerprint density at radius 1 is 1.07 bits per heavy atom. The molecule has 3 aromatic rings. The van der Waals surface area contributed by atoms with E-state index in [9.17, 15) is 4.79 Å². The van der Waals surface area contributed by atoms with Crippen LogP contribution in [0.1, 0.15) is 52.5 Å². The average molecular weight is 408 g/mol. The molecule has 2 aromatic heterocycles. The number of hydrogen-bond acceptors (Lipinski definition) is 6. The summed E-state index contributed by atoms with van der Waals surface area (Å²) in [5, 5.41) is 4.50. The third kappa shape index (κ3) is 5.23. The highest BCUT2D eigenvalue weighted by atomic mass is 16.5. The van der Waals surface area contributed by atoms with Gasteiger partial charge in [0.2, 0.25) is 5.95 Å². The predicted octanol–water partition coefficient (Wildman–Crippen LogP) is 4.49. The van der Waals surface area contributed by atoms with Crippen molar-refractivity contribution in [2.45, 2.75) is 52.5 Å². The van der Waals surface area contributed by atoms with E-state index in [0.29, 0.717) is 23.6 Å². The van der Waals surface area contributed by atoms with Gasteiger partial charge in [0.1, 0.15) is 5.75 Å². The van der Waals surface area contributed by atoms with Crippen LogP contribution in [0, 0.1) is 0 Å². The van der Waals surface area contributed by atoms with Crippen molar-refractivity contribution in [3.05, 3.63) is 52.9 Å². The molecule has 0 amide bonds. The molecule has 0 saturated carbocycles. The van der Waals surface area contributed by atoms with Gasteiger partial charge in [-0.15, -0.1) is 0 Å². The molecular weight excluding hydrogens is 378 g/mol. The first kappa shape index (κ1) is 21.5. The van der Waals surface area contributed by atoms with Crippen molar-refractivity contribution in [3.8, 4) is 28.3 Å². The summed E-state index contributed by atoms with van der Waals surface area (Å²) in [7, 11) is 0. The van der Waals surface area contributed by atoms with Crippen LogP contribution >= 0.6 is 0 Å². The summed E-state index contributed by atoms with van der Waals surface area (Å²) in [6, 6.07) is 10.9. The van der Waals surface area contributed by atoms with E-state index in [1.807, 2.05) is 38.1 Å². The molecule has 7 heteroatoms. The molecule has 0 saturated heterocycles. The van der Waals surface area contributed by atoms with E-state index in [4.69, 9.17) is 10.5 Å². The van der Waals surface area contributed by atoms with Crippen LogP contribution in [0.5, 0.6) is 5.75 Å². The Morgan fingerprint density at radius 2 is 1.83 bits per heavy atom. The molecule has 3 rings (SSSR count). The van der Waals surface area contributed by atoms with E-state index in [2.05, 4.69) is 22.0 Å². The Labute approximate surface area is 177 Å². The fourth-order valence-corrected chi connectivity index (χ4v) is 3.17. The van der Waals surface area contributed by atoms with Crippen molar-refractivity contribution < 1.29 is 4.74 Å². The van der Waals surface area contributed by atoms with Gasteiger partial charge in [-0.1, -0.05) is 26.2 Å². The smallest absolute Gasteiger partial charge is 0.267 e. The van der Waals surface area contributed by atoms with E-state index < -0.39 is 0 Å². The summed E-state index contributed by atoms with van der Waals surface area (Å²) in [5.41, 5.74) is 8.59. The highest BCUT2D eigenvalue weighted by Crippen LogP contribution is 2.30. The molecule has 0 aliphatic heterocycles. The maximum Gasteiger partial charge on any atom is 0.267 e. The van der Waals surface area contributed by atoms with Gasteiger partial charge >= 0.3 is 0 Å². The first-order chi connectivity index (χ1) is 14.5. The van der Waals surface area contributed by atoms with E-state index in [1.54, 1.807) is 12.3 Å². The number of hydrogen-bond donors (Lipinski definition) is 1. The van der Waals surface area contributed by atoms with Gasteiger partial charge < -0.3 is 10.5 Å². The molecule has 0 aliphatic carbocycles. The fourth-order valence-electron chi connectivity index (χ4n) is 3.17. The number of aromatic nitrogens is 4. The highest BCUT2D eigenvalue weighted by Gasteiger charge is 2.14. The van der Waals surface area contributed by atoms with Crippen LogP contribution in [0.4, 0.5) is 5.95 Å². The maximum absolute atomic E-state index is 12.1. The summed E-state index contributed by atoms with van der Waals surface area (Å²) >= 11 is 0. The Bertz CT molecular complexity index is 1030. The normalized spacial score (nSPS) is 11.1. The van der Waals surface area contributed by atoms with Crippen LogP contribution in [0.3, 0.4) is 0 Å². The van der Waals surface area contributed by atoms with Gasteiger partial charge in [0.25, 0.3) is 5.56 Å². The lowest BCUT2D eigenvalue weighted by atomic mass is 10.0. The van der Waals surface area contributed by atoms with Gasteiger partial charge in [0.15, 0.2) is 0 Å². The number of ether oxygens (including phenoxy) is 1. The van der Waals surface area contributed by atoms with Crippen molar-refractivity contribution in [2.24, 2.45) is 0 Å². The Kier molecular flexibility index (Phi) is 7.17. The van der Waals surface area contributed by atoms with E-state index in [-0.39, 0.29) is 17.5 Å². The first-order valence-electron chi connectivity index (χ1n) is 10.5. The first-order valence-corrected chi connectivity index (χ1v) is 10.5. The maximum atomic E-state index is 12.1. The van der Waals surface area contributed by atoms with Crippen LogP contribution < -0.4 is 16.0 Å². The highest BCUT2D eigenvalue weighted by molar-refractivity contribution is 5.79. The zero-order valence-electron chi connectivity index (χ0n) is 17.8. The molecule has 7 nitrogen and oxygen atoms in total. The van der Waals surface area contributed by atoms with Crippen LogP contribution in [-0.4, -0.2) is 26.4 Å². The second-order valence-corrected chi connectivity index (χ2v) is 7.52. The second kappa shape index (κ2) is 10.0. The quantitative estimate of drug-likeness (QED) is 0.525. The van der Waals surface area contributed by atoms with Gasteiger partial charge in [-0.05, 0) is 50.6 Å². The van der Waals surface area contributed by atoms with E-state index >= 15 is 0 Å². The van der Waals surface area contributed by atoms with Gasteiger partial charge in [-0.25, -0.2) is 14.6 Å². The van der Waals surface area contributed by atoms with Gasteiger partial charge in [0, 0.05) is 23.4 Å². The topological polar surface area (TPSA) is 95.9 Å². The molecule has 0 bridgehead atoms. The molecule has 0 aliphatic rings. The number of rotatable bonds is 9.